The smallest absolute Gasteiger partial charge is 0.0729 e. The summed E-state index contributed by atoms with van der Waals surface area (Å²) in [4.78, 5) is 0. The lowest BCUT2D eigenvalue weighted by Crippen LogP contribution is -2.01. The molecule has 0 unspecified atom stereocenters. The molecule has 1 aliphatic carbocycles. The molecule has 1 heteroatoms. The fraction of sp³-hybridized carbons (Fsp3) is 0.750. The SMILES string of the molecule is CCCCC(/C=C/[C@@H]1C=C[C@@H](O)C1)CCCC. The van der Waals surface area contributed by atoms with Gasteiger partial charge in [-0.05, 0) is 31.1 Å². The average molecular weight is 236 g/mol. The van der Waals surface area contributed by atoms with E-state index in [2.05, 4.69) is 32.1 Å². The van der Waals surface area contributed by atoms with Gasteiger partial charge in [0, 0.05) is 0 Å². The van der Waals surface area contributed by atoms with Gasteiger partial charge in [-0.1, -0.05) is 63.8 Å². The predicted octanol–water partition coefficient (Wildman–Crippen LogP) is 4.48. The molecule has 0 aromatic rings. The van der Waals surface area contributed by atoms with Gasteiger partial charge < -0.3 is 5.11 Å². The van der Waals surface area contributed by atoms with E-state index < -0.39 is 0 Å². The van der Waals surface area contributed by atoms with Crippen LogP contribution in [0.2, 0.25) is 0 Å². The summed E-state index contributed by atoms with van der Waals surface area (Å²) < 4.78 is 0. The number of aliphatic hydroxyl groups is 1. The Morgan fingerprint density at radius 1 is 1.18 bits per heavy atom. The lowest BCUT2D eigenvalue weighted by molar-refractivity contribution is 0.215. The molecular weight excluding hydrogens is 208 g/mol. The number of hydrogen-bond acceptors (Lipinski definition) is 1. The Morgan fingerprint density at radius 2 is 1.82 bits per heavy atom. The molecule has 98 valence electrons. The first-order valence-electron chi connectivity index (χ1n) is 7.31. The van der Waals surface area contributed by atoms with Crippen LogP contribution in [0.5, 0.6) is 0 Å². The van der Waals surface area contributed by atoms with E-state index >= 15 is 0 Å². The van der Waals surface area contributed by atoms with Crippen LogP contribution in [0.1, 0.15) is 58.8 Å². The van der Waals surface area contributed by atoms with Gasteiger partial charge in [0.15, 0.2) is 0 Å². The lowest BCUT2D eigenvalue weighted by Gasteiger charge is -2.12. The maximum atomic E-state index is 9.43. The van der Waals surface area contributed by atoms with E-state index in [-0.39, 0.29) is 6.10 Å². The molecule has 1 N–H and O–H groups in total. The van der Waals surface area contributed by atoms with Gasteiger partial charge >= 0.3 is 0 Å². The second-order valence-electron chi connectivity index (χ2n) is 5.28. The Morgan fingerprint density at radius 3 is 2.29 bits per heavy atom. The van der Waals surface area contributed by atoms with E-state index in [1.165, 1.54) is 38.5 Å². The number of allylic oxidation sites excluding steroid dienone is 3. The molecule has 0 aromatic carbocycles. The molecule has 1 rings (SSSR count). The van der Waals surface area contributed by atoms with E-state index in [1.807, 2.05) is 6.08 Å². The van der Waals surface area contributed by atoms with Crippen molar-refractivity contribution < 1.29 is 5.11 Å². The Balaban J connectivity index is 2.35. The van der Waals surface area contributed by atoms with Gasteiger partial charge in [-0.3, -0.25) is 0 Å². The largest absolute Gasteiger partial charge is 0.389 e. The van der Waals surface area contributed by atoms with Crippen LogP contribution in [-0.4, -0.2) is 11.2 Å². The highest BCUT2D eigenvalue weighted by molar-refractivity contribution is 5.10. The van der Waals surface area contributed by atoms with E-state index in [0.29, 0.717) is 5.92 Å². The van der Waals surface area contributed by atoms with Crippen LogP contribution in [-0.2, 0) is 0 Å². The van der Waals surface area contributed by atoms with Crippen LogP contribution in [0.15, 0.2) is 24.3 Å². The van der Waals surface area contributed by atoms with Gasteiger partial charge in [0.05, 0.1) is 6.10 Å². The van der Waals surface area contributed by atoms with Crippen molar-refractivity contribution in [3.8, 4) is 0 Å². The zero-order valence-electron chi connectivity index (χ0n) is 11.4. The molecule has 1 nitrogen and oxygen atoms in total. The minimum atomic E-state index is -0.214. The predicted molar refractivity (Wildman–Crippen MR) is 74.9 cm³/mol. The highest BCUT2D eigenvalue weighted by Gasteiger charge is 2.14. The van der Waals surface area contributed by atoms with E-state index in [0.717, 1.165) is 12.3 Å². The Hall–Kier alpha value is -0.560. The van der Waals surface area contributed by atoms with Crippen LogP contribution in [0.3, 0.4) is 0 Å². The quantitative estimate of drug-likeness (QED) is 0.616. The lowest BCUT2D eigenvalue weighted by atomic mass is 9.94. The molecule has 0 radical (unpaired) electrons. The minimum absolute atomic E-state index is 0.214. The van der Waals surface area contributed by atoms with Crippen molar-refractivity contribution in [1.82, 2.24) is 0 Å². The van der Waals surface area contributed by atoms with Crippen molar-refractivity contribution in [3.63, 3.8) is 0 Å². The monoisotopic (exact) mass is 236 g/mol. The highest BCUT2D eigenvalue weighted by atomic mass is 16.3. The number of rotatable bonds is 8. The molecule has 1 aliphatic rings. The first kappa shape index (κ1) is 14.5. The summed E-state index contributed by atoms with van der Waals surface area (Å²) in [5, 5.41) is 9.43. The standard InChI is InChI=1S/C16H28O/c1-3-5-7-14(8-6-4-2)9-10-15-11-12-16(17)13-15/h9-12,14-17H,3-8,13H2,1-2H3/b10-9+/t15-,16-/m1/s1. The Bertz CT molecular complexity index is 234. The normalized spacial score (nSPS) is 24.2. The summed E-state index contributed by atoms with van der Waals surface area (Å²) in [7, 11) is 0. The average Bonchev–Trinajstić information content (AvgIpc) is 2.74. The molecule has 0 bridgehead atoms. The van der Waals surface area contributed by atoms with Crippen LogP contribution in [0.4, 0.5) is 0 Å². The Labute approximate surface area is 107 Å². The zero-order valence-corrected chi connectivity index (χ0v) is 11.4. The molecule has 0 saturated carbocycles. The van der Waals surface area contributed by atoms with Gasteiger partial charge in [-0.25, -0.2) is 0 Å². The van der Waals surface area contributed by atoms with Crippen LogP contribution in [0.25, 0.3) is 0 Å². The molecule has 0 fully saturated rings. The molecule has 17 heavy (non-hydrogen) atoms. The van der Waals surface area contributed by atoms with Crippen molar-refractivity contribution in [2.24, 2.45) is 11.8 Å². The molecule has 0 amide bonds. The fourth-order valence-corrected chi connectivity index (χ4v) is 2.42. The van der Waals surface area contributed by atoms with Crippen molar-refractivity contribution in [2.75, 3.05) is 0 Å². The minimum Gasteiger partial charge on any atom is -0.389 e. The summed E-state index contributed by atoms with van der Waals surface area (Å²) in [5.74, 6) is 1.22. The summed E-state index contributed by atoms with van der Waals surface area (Å²) in [6.45, 7) is 4.52. The van der Waals surface area contributed by atoms with Gasteiger partial charge in [0.2, 0.25) is 0 Å². The van der Waals surface area contributed by atoms with E-state index in [4.69, 9.17) is 0 Å². The molecule has 0 saturated heterocycles. The zero-order chi connectivity index (χ0) is 12.5. The molecule has 0 aliphatic heterocycles. The van der Waals surface area contributed by atoms with Crippen LogP contribution >= 0.6 is 0 Å². The van der Waals surface area contributed by atoms with Crippen molar-refractivity contribution in [1.29, 1.82) is 0 Å². The third-order valence-electron chi connectivity index (χ3n) is 3.58. The Kier molecular flexibility index (Phi) is 7.27. The molecule has 0 heterocycles. The van der Waals surface area contributed by atoms with Crippen LogP contribution < -0.4 is 0 Å². The van der Waals surface area contributed by atoms with Crippen molar-refractivity contribution >= 4 is 0 Å². The third kappa shape index (κ3) is 6.07. The van der Waals surface area contributed by atoms with Gasteiger partial charge in [0.25, 0.3) is 0 Å². The topological polar surface area (TPSA) is 20.2 Å². The van der Waals surface area contributed by atoms with Gasteiger partial charge in [-0.15, -0.1) is 0 Å². The molecule has 0 aromatic heterocycles. The van der Waals surface area contributed by atoms with Crippen LogP contribution in [0, 0.1) is 11.8 Å². The maximum Gasteiger partial charge on any atom is 0.0729 e. The number of unbranched alkanes of at least 4 members (excludes halogenated alkanes) is 2. The highest BCUT2D eigenvalue weighted by Crippen LogP contribution is 2.22. The first-order chi connectivity index (χ1) is 8.26. The third-order valence-corrected chi connectivity index (χ3v) is 3.58. The van der Waals surface area contributed by atoms with Crippen molar-refractivity contribution in [2.45, 2.75) is 64.9 Å². The van der Waals surface area contributed by atoms with E-state index in [1.54, 1.807) is 0 Å². The summed E-state index contributed by atoms with van der Waals surface area (Å²) >= 11 is 0. The van der Waals surface area contributed by atoms with E-state index in [9.17, 15) is 5.11 Å². The molecule has 0 spiro atoms. The fourth-order valence-electron chi connectivity index (χ4n) is 2.42. The maximum absolute atomic E-state index is 9.43. The molecular formula is C16H28O. The summed E-state index contributed by atoms with van der Waals surface area (Å²) in [6.07, 6.45) is 17.3. The van der Waals surface area contributed by atoms with Gasteiger partial charge in [-0.2, -0.15) is 0 Å². The molecule has 2 atom stereocenters. The van der Waals surface area contributed by atoms with Crippen molar-refractivity contribution in [3.05, 3.63) is 24.3 Å². The first-order valence-corrected chi connectivity index (χ1v) is 7.31. The second kappa shape index (κ2) is 8.52. The number of aliphatic hydroxyl groups excluding tert-OH is 1. The number of hydrogen-bond donors (Lipinski definition) is 1. The second-order valence-corrected chi connectivity index (χ2v) is 5.28. The summed E-state index contributed by atoms with van der Waals surface area (Å²) in [5.41, 5.74) is 0. The van der Waals surface area contributed by atoms with Gasteiger partial charge in [0.1, 0.15) is 0 Å². The summed E-state index contributed by atoms with van der Waals surface area (Å²) in [6, 6.07) is 0.